The molecule has 3 atom stereocenters. The highest BCUT2D eigenvalue weighted by atomic mass is 35.5. The molecule has 3 aliphatic heterocycles. The van der Waals surface area contributed by atoms with E-state index in [9.17, 15) is 27.6 Å². The number of ether oxygens (including phenoxy) is 3. The van der Waals surface area contributed by atoms with Crippen molar-refractivity contribution in [3.05, 3.63) is 391 Å². The topological polar surface area (TPSA) is 272 Å². The number of nitrogens with zero attached hydrogens (tertiary/aromatic N) is 3. The fraction of sp³-hybridized carbons (Fsp3) is 0.219. The van der Waals surface area contributed by atoms with E-state index < -0.39 is 216 Å². The Balaban J connectivity index is 0.890. The Morgan fingerprint density at radius 1 is 0.328 bits per heavy atom. The molecule has 680 valence electrons. The summed E-state index contributed by atoms with van der Waals surface area (Å²) in [5, 5.41) is 6.44. The van der Waals surface area contributed by atoms with Crippen LogP contribution in [-0.4, -0.2) is 150 Å². The number of benzene rings is 12. The average Bonchev–Trinajstić information content (AvgIpc) is 1.48. The van der Waals surface area contributed by atoms with Crippen molar-refractivity contribution in [2.45, 2.75) is 88.3 Å². The molecule has 12 aromatic rings. The van der Waals surface area contributed by atoms with E-state index in [2.05, 4.69) is 16.0 Å². The zero-order valence-corrected chi connectivity index (χ0v) is 75.1. The number of nitrogens with one attached hydrogen (secondary N) is 3. The van der Waals surface area contributed by atoms with E-state index in [1.807, 2.05) is 0 Å². The molecule has 3 N–H and O–H groups in total. The zero-order chi connectivity index (χ0) is 92.5. The molecular formula is C96H84Cl3F6N6O16PS3. The van der Waals surface area contributed by atoms with Crippen molar-refractivity contribution in [2.24, 2.45) is 0 Å². The molecule has 3 fully saturated rings. The third kappa shape index (κ3) is 23.3. The molecule has 22 nitrogen and oxygen atoms in total. The minimum atomic E-state index is -6.06. The number of amides is 3. The van der Waals surface area contributed by atoms with Crippen molar-refractivity contribution in [1.82, 2.24) is 12.9 Å². The molecule has 12 aromatic carbocycles. The molecule has 3 saturated heterocycles. The largest absolute Gasteiger partial charge is 0.475 e. The van der Waals surface area contributed by atoms with Crippen LogP contribution in [0.2, 0.25) is 15.1 Å². The van der Waals surface area contributed by atoms with E-state index in [4.69, 9.17) is 62.6 Å². The SMILES string of the molecule is O=C(Nc1ccc(F)c(Cl)c1)c1ccc(F)c(S(=O)(=O)N2CC(OP(=O)(OC3COC(Cc4ccccc4)(Cc4ccccc4)CN(S(=O)(=O)c4cc(C(=O)Nc5ccc(F)c(Cl)c5)ccc4F)C3)OC3COC(Cc4ccccc4)(Cc4ccccc4)CN(S(=O)(=O)c4cc(C(=O)Nc5ccc(F)c(Cl)c5)ccc4F)C3)COC(Cc3ccccc3)(Cc3ccccc3)C2)c1. The lowest BCUT2D eigenvalue weighted by molar-refractivity contribution is -0.0844. The van der Waals surface area contributed by atoms with Gasteiger partial charge in [-0.1, -0.05) is 217 Å². The summed E-state index contributed by atoms with van der Waals surface area (Å²) in [5.74, 6) is -9.55. The summed E-state index contributed by atoms with van der Waals surface area (Å²) in [6.07, 6.45) is -6.60. The van der Waals surface area contributed by atoms with Crippen LogP contribution in [0.3, 0.4) is 0 Å². The Morgan fingerprint density at radius 3 is 0.756 bits per heavy atom. The number of halogens is 9. The quantitative estimate of drug-likeness (QED) is 0.0279. The first kappa shape index (κ1) is 94.9. The summed E-state index contributed by atoms with van der Waals surface area (Å²) >= 11 is 18.3. The van der Waals surface area contributed by atoms with Gasteiger partial charge in [0.25, 0.3) is 17.7 Å². The Bertz CT molecular complexity index is 5850. The molecule has 15 rings (SSSR count). The van der Waals surface area contributed by atoms with Crippen molar-refractivity contribution in [1.29, 1.82) is 0 Å². The van der Waals surface area contributed by atoms with Gasteiger partial charge >= 0.3 is 7.82 Å². The molecule has 3 aliphatic rings. The predicted octanol–water partition coefficient (Wildman–Crippen LogP) is 18.6. The van der Waals surface area contributed by atoms with Gasteiger partial charge in [-0.2, -0.15) is 12.9 Å². The zero-order valence-electron chi connectivity index (χ0n) is 69.5. The highest BCUT2D eigenvalue weighted by Gasteiger charge is 2.52. The van der Waals surface area contributed by atoms with Gasteiger partial charge in [-0.3, -0.25) is 28.0 Å². The monoisotopic (exact) mass is 1920 g/mol. The van der Waals surface area contributed by atoms with Crippen molar-refractivity contribution in [3.63, 3.8) is 0 Å². The number of hydrogen-bond acceptors (Lipinski definition) is 16. The van der Waals surface area contributed by atoms with Crippen LogP contribution in [-0.2, 0) is 101 Å². The van der Waals surface area contributed by atoms with Crippen LogP contribution in [0.4, 0.5) is 43.4 Å². The maximum Gasteiger partial charge on any atom is 0.475 e. The summed E-state index contributed by atoms with van der Waals surface area (Å²) in [6.45, 7) is -7.34. The first-order valence-electron chi connectivity index (χ1n) is 41.2. The Labute approximate surface area is 768 Å². The van der Waals surface area contributed by atoms with Gasteiger partial charge in [0.2, 0.25) is 30.1 Å². The lowest BCUT2D eigenvalue weighted by Crippen LogP contribution is -2.49. The minimum absolute atomic E-state index is 0.0265. The van der Waals surface area contributed by atoms with Crippen LogP contribution in [0.1, 0.15) is 64.5 Å². The molecule has 0 bridgehead atoms. The average molecular weight is 1930 g/mol. The summed E-state index contributed by atoms with van der Waals surface area (Å²) < 4.78 is 255. The first-order valence-corrected chi connectivity index (χ1v) is 48.1. The van der Waals surface area contributed by atoms with Crippen LogP contribution in [0, 0.1) is 34.9 Å². The van der Waals surface area contributed by atoms with Crippen LogP contribution >= 0.6 is 42.6 Å². The van der Waals surface area contributed by atoms with Gasteiger partial charge in [-0.05, 0) is 143 Å². The highest BCUT2D eigenvalue weighted by Crippen LogP contribution is 2.55. The third-order valence-electron chi connectivity index (χ3n) is 22.4. The lowest BCUT2D eigenvalue weighted by Gasteiger charge is -2.36. The maximum atomic E-state index is 17.8. The fourth-order valence-electron chi connectivity index (χ4n) is 16.2. The van der Waals surface area contributed by atoms with Crippen LogP contribution < -0.4 is 16.0 Å². The second kappa shape index (κ2) is 40.7. The summed E-state index contributed by atoms with van der Waals surface area (Å²) in [4.78, 5) is 39.4. The molecule has 3 amide bonds. The summed E-state index contributed by atoms with van der Waals surface area (Å²) in [5.41, 5.74) is -3.05. The van der Waals surface area contributed by atoms with Crippen LogP contribution in [0.25, 0.3) is 0 Å². The Hall–Kier alpha value is -10.8. The van der Waals surface area contributed by atoms with Crippen LogP contribution in [0.5, 0.6) is 0 Å². The summed E-state index contributed by atoms with van der Waals surface area (Å²) in [7, 11) is -22.3. The molecule has 131 heavy (non-hydrogen) atoms. The molecule has 35 heteroatoms. The first-order chi connectivity index (χ1) is 62.7. The lowest BCUT2D eigenvalue weighted by atomic mass is 9.87. The van der Waals surface area contributed by atoms with Gasteiger partial charge in [0.05, 0.1) is 51.7 Å². The van der Waals surface area contributed by atoms with Gasteiger partial charge in [-0.15, -0.1) is 0 Å². The van der Waals surface area contributed by atoms with E-state index >= 15 is 43.0 Å². The molecule has 0 spiro atoms. The normalized spacial score (nSPS) is 17.9. The van der Waals surface area contributed by atoms with Crippen molar-refractivity contribution >= 4 is 107 Å². The van der Waals surface area contributed by atoms with E-state index in [-0.39, 0.29) is 70.7 Å². The standard InChI is InChI=1S/C96H84Cl3F6N6O16PS3/c97-79-46-73(34-40-82(79)100)106-91(112)70-31-37-85(103)88(43-70)129(116,117)109-55-76(58-122-94(61-109,49-64-19-7-1-8-20-64)50-65-21-9-2-10-22-65)125-128(115,126-77-56-110(62-95(123-59-77,51-66-23-11-3-12-24-66)52-67-25-13-4-14-26-67)130(118,119)89-44-71(32-38-86(89)104)92(113)107-74-35-41-83(101)80(98)47-74)127-78-57-111(63-96(124-60-78,53-68-27-15-5-16-28-68)54-69-29-17-6-18-30-69)131(120,121)90-45-72(33-39-87(90)105)93(114)108-75-36-42-84(102)81(99)48-75/h1-48,76-78H,49-63H2,(H,106,112)(H,107,113)(H,108,114). The maximum absolute atomic E-state index is 17.8. The fourth-order valence-corrected chi connectivity index (χ4v) is 23.3. The van der Waals surface area contributed by atoms with Crippen molar-refractivity contribution < 1.29 is 98.3 Å². The smallest absolute Gasteiger partial charge is 0.370 e. The van der Waals surface area contributed by atoms with Gasteiger partial charge < -0.3 is 30.2 Å². The molecule has 0 radical (unpaired) electrons. The molecular weight excluding hydrogens is 1840 g/mol. The Kier molecular flexibility index (Phi) is 29.5. The minimum Gasteiger partial charge on any atom is -0.370 e. The number of carbonyl (C=O) groups excluding carboxylic acids is 3. The number of sulfonamides is 3. The van der Waals surface area contributed by atoms with E-state index in [1.165, 1.54) is 18.2 Å². The molecule has 0 aliphatic carbocycles. The van der Waals surface area contributed by atoms with Gasteiger partial charge in [0, 0.05) is 112 Å². The van der Waals surface area contributed by atoms with Crippen molar-refractivity contribution in [3.8, 4) is 0 Å². The van der Waals surface area contributed by atoms with E-state index in [0.29, 0.717) is 33.4 Å². The number of anilines is 3. The molecule has 0 aromatic heterocycles. The van der Waals surface area contributed by atoms with Gasteiger partial charge in [0.1, 0.15) is 67.9 Å². The highest BCUT2D eigenvalue weighted by molar-refractivity contribution is 7.89. The van der Waals surface area contributed by atoms with Crippen molar-refractivity contribution in [2.75, 3.05) is 75.0 Å². The summed E-state index contributed by atoms with van der Waals surface area (Å²) in [6, 6.07) is 69.6. The van der Waals surface area contributed by atoms with Crippen LogP contribution in [0.15, 0.2) is 306 Å². The molecule has 3 unspecified atom stereocenters. The van der Waals surface area contributed by atoms with E-state index in [0.717, 1.165) is 104 Å². The predicted molar refractivity (Wildman–Crippen MR) is 483 cm³/mol. The van der Waals surface area contributed by atoms with Gasteiger partial charge in [-0.25, -0.2) is 56.2 Å². The molecule has 3 heterocycles. The van der Waals surface area contributed by atoms with Gasteiger partial charge in [0.15, 0.2) is 0 Å². The number of phosphoric acid groups is 1. The number of carbonyl (C=O) groups is 3. The second-order valence-electron chi connectivity index (χ2n) is 32.2. The number of phosphoric ester groups is 1. The molecule has 0 saturated carbocycles. The third-order valence-corrected chi connectivity index (χ3v) is 30.4. The second-order valence-corrected chi connectivity index (χ2v) is 40.6. The van der Waals surface area contributed by atoms with E-state index in [1.54, 1.807) is 182 Å². The number of hydrogen-bond donors (Lipinski definition) is 3. The Morgan fingerprint density at radius 2 is 0.542 bits per heavy atom. The number of rotatable bonds is 30.